The Morgan fingerprint density at radius 2 is 1.89 bits per heavy atom. The van der Waals surface area contributed by atoms with Gasteiger partial charge in [0.1, 0.15) is 0 Å². The molecule has 3 aromatic rings. The van der Waals surface area contributed by atoms with E-state index < -0.39 is 5.91 Å². The smallest absolute Gasteiger partial charge is 0.250 e. The van der Waals surface area contributed by atoms with E-state index in [1.165, 1.54) is 5.56 Å². The number of aromatic amines is 1. The molecular formula is C22H24ClN3O. The lowest BCUT2D eigenvalue weighted by atomic mass is 9.90. The van der Waals surface area contributed by atoms with Gasteiger partial charge in [-0.25, -0.2) is 0 Å². The summed E-state index contributed by atoms with van der Waals surface area (Å²) in [6.07, 6.45) is 3.43. The lowest BCUT2D eigenvalue weighted by Gasteiger charge is -2.34. The van der Waals surface area contributed by atoms with Gasteiger partial charge >= 0.3 is 0 Å². The van der Waals surface area contributed by atoms with Crippen molar-refractivity contribution >= 4 is 34.1 Å². The molecule has 0 aliphatic carbocycles. The van der Waals surface area contributed by atoms with E-state index >= 15 is 0 Å². The van der Waals surface area contributed by atoms with E-state index in [0.717, 1.165) is 54.6 Å². The Morgan fingerprint density at radius 1 is 1.19 bits per heavy atom. The molecule has 3 N–H and O–H groups in total. The van der Waals surface area contributed by atoms with Crippen LogP contribution in [-0.2, 0) is 6.42 Å². The normalized spacial score (nSPS) is 15.4. The van der Waals surface area contributed by atoms with Gasteiger partial charge in [0.2, 0.25) is 5.91 Å². The topological polar surface area (TPSA) is 62.1 Å². The number of carbonyl (C=O) groups excluding carboxylic acids is 1. The molecule has 0 atom stereocenters. The van der Waals surface area contributed by atoms with Crippen molar-refractivity contribution in [3.05, 3.63) is 64.3 Å². The molecule has 0 bridgehead atoms. The number of H-pyrrole nitrogens is 1. The Bertz CT molecular complexity index is 972. The van der Waals surface area contributed by atoms with Crippen molar-refractivity contribution in [1.29, 1.82) is 0 Å². The number of benzene rings is 2. The molecule has 0 saturated carbocycles. The Morgan fingerprint density at radius 3 is 2.56 bits per heavy atom. The van der Waals surface area contributed by atoms with Crippen LogP contribution < -0.4 is 10.6 Å². The molecule has 1 aliphatic heterocycles. The number of hydrogen-bond acceptors (Lipinski definition) is 2. The molecule has 5 heteroatoms. The maximum absolute atomic E-state index is 11.7. The molecule has 4 rings (SSSR count). The summed E-state index contributed by atoms with van der Waals surface area (Å²) < 4.78 is 0. The summed E-state index contributed by atoms with van der Waals surface area (Å²) in [6.45, 7) is 4.04. The van der Waals surface area contributed by atoms with E-state index in [0.29, 0.717) is 16.5 Å². The summed E-state index contributed by atoms with van der Waals surface area (Å²) in [5.74, 6) is 0.207. The molecule has 1 aliphatic rings. The molecule has 4 nitrogen and oxygen atoms in total. The minimum Gasteiger partial charge on any atom is -0.370 e. The SMILES string of the molecule is Cc1[nH]c2ccc(C(N)=O)c(Cl)c2c1N1CCC(Cc2ccccc2)CC1. The monoisotopic (exact) mass is 381 g/mol. The van der Waals surface area contributed by atoms with Crippen LogP contribution in [0.4, 0.5) is 5.69 Å². The van der Waals surface area contributed by atoms with Crippen LogP contribution in [0.3, 0.4) is 0 Å². The first-order valence-electron chi connectivity index (χ1n) is 9.44. The second-order valence-corrected chi connectivity index (χ2v) is 7.81. The quantitative estimate of drug-likeness (QED) is 0.688. The number of amides is 1. The molecule has 2 heterocycles. The maximum Gasteiger partial charge on any atom is 0.250 e. The summed E-state index contributed by atoms with van der Waals surface area (Å²) in [4.78, 5) is 17.5. The highest BCUT2D eigenvalue weighted by molar-refractivity contribution is 6.39. The van der Waals surface area contributed by atoms with E-state index in [-0.39, 0.29) is 0 Å². The average molecular weight is 382 g/mol. The number of fused-ring (bicyclic) bond motifs is 1. The van der Waals surface area contributed by atoms with Gasteiger partial charge in [0.15, 0.2) is 0 Å². The minimum absolute atomic E-state index is 0.378. The summed E-state index contributed by atoms with van der Waals surface area (Å²) in [6, 6.07) is 14.3. The molecule has 27 heavy (non-hydrogen) atoms. The maximum atomic E-state index is 11.7. The molecule has 1 fully saturated rings. The van der Waals surface area contributed by atoms with E-state index in [1.807, 2.05) is 6.07 Å². The fourth-order valence-corrected chi connectivity index (χ4v) is 4.60. The third kappa shape index (κ3) is 3.42. The largest absolute Gasteiger partial charge is 0.370 e. The number of aromatic nitrogens is 1. The average Bonchev–Trinajstić information content (AvgIpc) is 3.00. The van der Waals surface area contributed by atoms with Gasteiger partial charge in [-0.05, 0) is 49.8 Å². The first kappa shape index (κ1) is 17.9. The molecule has 0 unspecified atom stereocenters. The minimum atomic E-state index is -0.492. The van der Waals surface area contributed by atoms with Gasteiger partial charge < -0.3 is 15.6 Å². The van der Waals surface area contributed by atoms with Crippen LogP contribution in [0, 0.1) is 12.8 Å². The summed E-state index contributed by atoms with van der Waals surface area (Å²) in [5, 5.41) is 1.36. The van der Waals surface area contributed by atoms with Crippen LogP contribution in [0.2, 0.25) is 5.02 Å². The molecule has 1 amide bonds. The number of carbonyl (C=O) groups is 1. The molecule has 0 radical (unpaired) electrons. The number of rotatable bonds is 4. The second-order valence-electron chi connectivity index (χ2n) is 7.43. The van der Waals surface area contributed by atoms with Gasteiger partial charge in [-0.15, -0.1) is 0 Å². The summed E-state index contributed by atoms with van der Waals surface area (Å²) in [7, 11) is 0. The van der Waals surface area contributed by atoms with Crippen molar-refractivity contribution in [2.75, 3.05) is 18.0 Å². The fraction of sp³-hybridized carbons (Fsp3) is 0.318. The summed E-state index contributed by atoms with van der Waals surface area (Å²) in [5.41, 5.74) is 10.4. The molecular weight excluding hydrogens is 358 g/mol. The van der Waals surface area contributed by atoms with Crippen LogP contribution in [0.25, 0.3) is 10.9 Å². The zero-order chi connectivity index (χ0) is 19.0. The Hall–Kier alpha value is -2.46. The van der Waals surface area contributed by atoms with Crippen molar-refractivity contribution < 1.29 is 4.79 Å². The standard InChI is InChI=1S/C22H24ClN3O/c1-14-21(19-18(25-14)8-7-17(20(19)23)22(24)27)26-11-9-16(10-12-26)13-15-5-3-2-4-6-15/h2-8,16,25H,9-13H2,1H3,(H2,24,27). The molecule has 1 saturated heterocycles. The molecule has 0 spiro atoms. The van der Waals surface area contributed by atoms with Gasteiger partial charge in [0, 0.05) is 29.7 Å². The number of piperidine rings is 1. The van der Waals surface area contributed by atoms with E-state index in [2.05, 4.69) is 47.1 Å². The van der Waals surface area contributed by atoms with Crippen molar-refractivity contribution in [3.8, 4) is 0 Å². The van der Waals surface area contributed by atoms with Crippen molar-refractivity contribution in [2.24, 2.45) is 11.7 Å². The van der Waals surface area contributed by atoms with Gasteiger partial charge in [0.25, 0.3) is 0 Å². The van der Waals surface area contributed by atoms with Crippen molar-refractivity contribution in [1.82, 2.24) is 4.98 Å². The van der Waals surface area contributed by atoms with Crippen molar-refractivity contribution in [3.63, 3.8) is 0 Å². The van der Waals surface area contributed by atoms with Gasteiger partial charge in [-0.1, -0.05) is 41.9 Å². The van der Waals surface area contributed by atoms with Crippen LogP contribution in [0.5, 0.6) is 0 Å². The van der Waals surface area contributed by atoms with Crippen LogP contribution in [0.1, 0.15) is 34.5 Å². The number of aryl methyl sites for hydroxylation is 1. The number of halogens is 1. The van der Waals surface area contributed by atoms with Crippen LogP contribution in [-0.4, -0.2) is 24.0 Å². The fourth-order valence-electron chi connectivity index (χ4n) is 4.25. The lowest BCUT2D eigenvalue weighted by Crippen LogP contribution is -2.34. The molecule has 1 aromatic heterocycles. The number of nitrogens with two attached hydrogens (primary N) is 1. The van der Waals surface area contributed by atoms with E-state index in [1.54, 1.807) is 6.07 Å². The van der Waals surface area contributed by atoms with E-state index in [9.17, 15) is 4.79 Å². The second kappa shape index (κ2) is 7.28. The lowest BCUT2D eigenvalue weighted by molar-refractivity contribution is 0.100. The first-order valence-corrected chi connectivity index (χ1v) is 9.82. The number of anilines is 1. The Balaban J connectivity index is 1.58. The van der Waals surface area contributed by atoms with Crippen LogP contribution in [0.15, 0.2) is 42.5 Å². The van der Waals surface area contributed by atoms with Crippen LogP contribution >= 0.6 is 11.6 Å². The Kier molecular flexibility index (Phi) is 4.83. The van der Waals surface area contributed by atoms with Gasteiger partial charge in [-0.2, -0.15) is 0 Å². The predicted octanol–water partition coefficient (Wildman–Crippen LogP) is 4.69. The highest BCUT2D eigenvalue weighted by Gasteiger charge is 2.25. The number of nitrogens with one attached hydrogen (secondary N) is 1. The number of hydrogen-bond donors (Lipinski definition) is 2. The number of nitrogens with zero attached hydrogens (tertiary/aromatic N) is 1. The Labute approximate surface area is 164 Å². The third-order valence-corrected chi connectivity index (χ3v) is 6.01. The highest BCUT2D eigenvalue weighted by Crippen LogP contribution is 2.39. The van der Waals surface area contributed by atoms with E-state index in [4.69, 9.17) is 17.3 Å². The first-order chi connectivity index (χ1) is 13.0. The zero-order valence-electron chi connectivity index (χ0n) is 15.5. The number of primary amides is 1. The summed E-state index contributed by atoms with van der Waals surface area (Å²) >= 11 is 6.56. The third-order valence-electron chi connectivity index (χ3n) is 5.62. The van der Waals surface area contributed by atoms with Gasteiger partial charge in [0.05, 0.1) is 16.3 Å². The highest BCUT2D eigenvalue weighted by atomic mass is 35.5. The van der Waals surface area contributed by atoms with Crippen molar-refractivity contribution in [2.45, 2.75) is 26.2 Å². The van der Waals surface area contributed by atoms with Gasteiger partial charge in [-0.3, -0.25) is 4.79 Å². The molecule has 2 aromatic carbocycles. The zero-order valence-corrected chi connectivity index (χ0v) is 16.2. The molecule has 140 valence electrons. The predicted molar refractivity (Wildman–Crippen MR) is 112 cm³/mol.